The van der Waals surface area contributed by atoms with Gasteiger partial charge in [0.15, 0.2) is 0 Å². The lowest BCUT2D eigenvalue weighted by Gasteiger charge is -2.22. The van der Waals surface area contributed by atoms with E-state index in [0.29, 0.717) is 6.61 Å². The third-order valence-corrected chi connectivity index (χ3v) is 3.50. The summed E-state index contributed by atoms with van der Waals surface area (Å²) in [6.45, 7) is 8.64. The summed E-state index contributed by atoms with van der Waals surface area (Å²) in [7, 11) is 4.10. The van der Waals surface area contributed by atoms with Gasteiger partial charge in [-0.2, -0.15) is 0 Å². The Morgan fingerprint density at radius 3 is 2.29 bits per heavy atom. The van der Waals surface area contributed by atoms with Crippen LogP contribution < -0.4 is 9.64 Å². The van der Waals surface area contributed by atoms with Crippen LogP contribution in [-0.2, 0) is 0 Å². The van der Waals surface area contributed by atoms with E-state index in [1.54, 1.807) is 0 Å². The van der Waals surface area contributed by atoms with Crippen molar-refractivity contribution in [3.05, 3.63) is 54.1 Å². The van der Waals surface area contributed by atoms with Crippen molar-refractivity contribution in [2.45, 2.75) is 13.8 Å². The first kappa shape index (κ1) is 15.2. The van der Waals surface area contributed by atoms with Crippen LogP contribution in [0.5, 0.6) is 5.75 Å². The normalized spacial score (nSPS) is 10.3. The molecule has 0 aliphatic rings. The van der Waals surface area contributed by atoms with Crippen molar-refractivity contribution in [3.8, 4) is 16.9 Å². The van der Waals surface area contributed by atoms with Crippen LogP contribution in [0.15, 0.2) is 43.0 Å². The van der Waals surface area contributed by atoms with E-state index in [0.717, 1.165) is 28.1 Å². The quantitative estimate of drug-likeness (QED) is 0.782. The van der Waals surface area contributed by atoms with E-state index in [2.05, 4.69) is 68.9 Å². The summed E-state index contributed by atoms with van der Waals surface area (Å²) in [5.41, 5.74) is 5.71. The third kappa shape index (κ3) is 3.10. The molecule has 0 radical (unpaired) electrons. The fourth-order valence-corrected chi connectivity index (χ4v) is 2.42. The highest BCUT2D eigenvalue weighted by molar-refractivity contribution is 5.87. The molecule has 2 nitrogen and oxygen atoms in total. The molecule has 0 spiro atoms. The number of aryl methyl sites for hydroxylation is 1. The average Bonchev–Trinajstić information content (AvgIpc) is 2.48. The molecule has 0 bridgehead atoms. The van der Waals surface area contributed by atoms with Crippen LogP contribution in [0.3, 0.4) is 0 Å². The zero-order chi connectivity index (χ0) is 15.4. The Morgan fingerprint density at radius 2 is 1.76 bits per heavy atom. The smallest absolute Gasteiger partial charge is 0.136 e. The maximum Gasteiger partial charge on any atom is 0.136 e. The van der Waals surface area contributed by atoms with Crippen molar-refractivity contribution in [2.24, 2.45) is 0 Å². The van der Waals surface area contributed by atoms with E-state index in [9.17, 15) is 0 Å². The van der Waals surface area contributed by atoms with Crippen LogP contribution in [0, 0.1) is 6.92 Å². The molecular formula is C19H23NO. The van der Waals surface area contributed by atoms with Crippen LogP contribution >= 0.6 is 0 Å². The van der Waals surface area contributed by atoms with Crippen molar-refractivity contribution in [1.82, 2.24) is 0 Å². The minimum Gasteiger partial charge on any atom is -0.493 e. The second-order valence-electron chi connectivity index (χ2n) is 5.28. The minimum absolute atomic E-state index is 0.635. The molecule has 0 atom stereocenters. The summed E-state index contributed by atoms with van der Waals surface area (Å²) >= 11 is 0. The van der Waals surface area contributed by atoms with Crippen LogP contribution in [0.4, 0.5) is 5.69 Å². The van der Waals surface area contributed by atoms with Gasteiger partial charge < -0.3 is 9.64 Å². The van der Waals surface area contributed by atoms with Crippen molar-refractivity contribution >= 4 is 11.8 Å². The predicted octanol–water partition coefficient (Wildman–Crippen LogP) is 4.77. The minimum atomic E-state index is 0.635. The number of ether oxygens (including phenoxy) is 1. The summed E-state index contributed by atoms with van der Waals surface area (Å²) in [6, 6.07) is 12.7. The first-order chi connectivity index (χ1) is 10.1. The maximum absolute atomic E-state index is 5.94. The monoisotopic (exact) mass is 281 g/mol. The fraction of sp³-hybridized carbons (Fsp3) is 0.263. The summed E-state index contributed by atoms with van der Waals surface area (Å²) in [5.74, 6) is 0.905. The van der Waals surface area contributed by atoms with Gasteiger partial charge in [0, 0.05) is 30.9 Å². The highest BCUT2D eigenvalue weighted by Gasteiger charge is 2.16. The molecule has 0 saturated carbocycles. The van der Waals surface area contributed by atoms with Gasteiger partial charge in [0.25, 0.3) is 0 Å². The molecule has 0 unspecified atom stereocenters. The molecule has 2 aromatic rings. The average molecular weight is 281 g/mol. The lowest BCUT2D eigenvalue weighted by molar-refractivity contribution is 0.341. The number of benzene rings is 2. The molecule has 0 N–H and O–H groups in total. The van der Waals surface area contributed by atoms with Crippen LogP contribution in [0.25, 0.3) is 17.2 Å². The first-order valence-electron chi connectivity index (χ1n) is 7.25. The number of hydrogen-bond donors (Lipinski definition) is 0. The van der Waals surface area contributed by atoms with Gasteiger partial charge in [0.2, 0.25) is 0 Å². The SMILES string of the molecule is C=Cc1ccc(N(C)C)c(-c2ccc(C)cc2)c1OCC. The Balaban J connectivity index is 2.74. The molecule has 0 aromatic heterocycles. The molecule has 2 heteroatoms. The second-order valence-corrected chi connectivity index (χ2v) is 5.28. The zero-order valence-electron chi connectivity index (χ0n) is 13.3. The molecule has 0 aliphatic carbocycles. The topological polar surface area (TPSA) is 12.5 Å². The highest BCUT2D eigenvalue weighted by Crippen LogP contribution is 2.41. The number of nitrogens with zero attached hydrogens (tertiary/aromatic N) is 1. The molecule has 0 amide bonds. The standard InChI is InChI=1S/C19H23NO/c1-6-15-12-13-17(20(4)5)18(19(15)21-7-2)16-10-8-14(3)9-11-16/h6,8-13H,1,7H2,2-5H3. The third-order valence-electron chi connectivity index (χ3n) is 3.50. The molecule has 0 aliphatic heterocycles. The predicted molar refractivity (Wildman–Crippen MR) is 92.2 cm³/mol. The lowest BCUT2D eigenvalue weighted by atomic mass is 9.97. The Bertz CT molecular complexity index is 627. The van der Waals surface area contributed by atoms with Gasteiger partial charge >= 0.3 is 0 Å². The molecule has 0 heterocycles. The summed E-state index contributed by atoms with van der Waals surface area (Å²) < 4.78 is 5.94. The lowest BCUT2D eigenvalue weighted by Crippen LogP contribution is -2.11. The highest BCUT2D eigenvalue weighted by atomic mass is 16.5. The molecular weight excluding hydrogens is 258 g/mol. The summed E-state index contributed by atoms with van der Waals surface area (Å²) in [6.07, 6.45) is 1.85. The van der Waals surface area contributed by atoms with Crippen LogP contribution in [0.2, 0.25) is 0 Å². The zero-order valence-corrected chi connectivity index (χ0v) is 13.3. The molecule has 2 rings (SSSR count). The second kappa shape index (κ2) is 6.49. The van der Waals surface area contributed by atoms with Gasteiger partial charge in [-0.05, 0) is 31.5 Å². The number of hydrogen-bond acceptors (Lipinski definition) is 2. The Hall–Kier alpha value is -2.22. The van der Waals surface area contributed by atoms with Crippen LogP contribution in [-0.4, -0.2) is 20.7 Å². The molecule has 110 valence electrons. The Morgan fingerprint density at radius 1 is 1.10 bits per heavy atom. The van der Waals surface area contributed by atoms with E-state index in [-0.39, 0.29) is 0 Å². The fourth-order valence-electron chi connectivity index (χ4n) is 2.42. The van der Waals surface area contributed by atoms with E-state index < -0.39 is 0 Å². The summed E-state index contributed by atoms with van der Waals surface area (Å²) in [5, 5.41) is 0. The maximum atomic E-state index is 5.94. The van der Waals surface area contributed by atoms with Gasteiger partial charge in [-0.3, -0.25) is 0 Å². The Labute approximate surface area is 127 Å². The first-order valence-corrected chi connectivity index (χ1v) is 7.25. The molecule has 0 fully saturated rings. The molecule has 21 heavy (non-hydrogen) atoms. The molecule has 2 aromatic carbocycles. The van der Waals surface area contributed by atoms with Crippen molar-refractivity contribution < 1.29 is 4.74 Å². The van der Waals surface area contributed by atoms with E-state index in [4.69, 9.17) is 4.74 Å². The van der Waals surface area contributed by atoms with Gasteiger partial charge in [-0.15, -0.1) is 0 Å². The summed E-state index contributed by atoms with van der Waals surface area (Å²) in [4.78, 5) is 2.12. The van der Waals surface area contributed by atoms with E-state index in [1.165, 1.54) is 5.56 Å². The number of anilines is 1. The van der Waals surface area contributed by atoms with Crippen molar-refractivity contribution in [1.29, 1.82) is 0 Å². The van der Waals surface area contributed by atoms with Gasteiger partial charge in [-0.1, -0.05) is 42.5 Å². The van der Waals surface area contributed by atoms with Gasteiger partial charge in [0.1, 0.15) is 5.75 Å². The van der Waals surface area contributed by atoms with Gasteiger partial charge in [0.05, 0.1) is 6.61 Å². The van der Waals surface area contributed by atoms with Crippen molar-refractivity contribution in [3.63, 3.8) is 0 Å². The largest absolute Gasteiger partial charge is 0.493 e. The van der Waals surface area contributed by atoms with E-state index in [1.807, 2.05) is 13.0 Å². The number of rotatable bonds is 5. The van der Waals surface area contributed by atoms with E-state index >= 15 is 0 Å². The van der Waals surface area contributed by atoms with Gasteiger partial charge in [-0.25, -0.2) is 0 Å². The van der Waals surface area contributed by atoms with Crippen molar-refractivity contribution in [2.75, 3.05) is 25.6 Å². The Kier molecular flexibility index (Phi) is 4.69. The molecule has 0 saturated heterocycles. The van der Waals surface area contributed by atoms with Crippen LogP contribution in [0.1, 0.15) is 18.1 Å².